The van der Waals surface area contributed by atoms with Gasteiger partial charge in [0.2, 0.25) is 5.91 Å². The van der Waals surface area contributed by atoms with Crippen molar-refractivity contribution in [2.45, 2.75) is 13.1 Å². The first-order chi connectivity index (χ1) is 10.2. The van der Waals surface area contributed by atoms with Gasteiger partial charge in [0.25, 0.3) is 0 Å². The molecule has 4 heteroatoms. The first-order valence-corrected chi connectivity index (χ1v) is 6.84. The van der Waals surface area contributed by atoms with Crippen LogP contribution in [0.4, 0.5) is 0 Å². The molecule has 0 saturated carbocycles. The predicted molar refractivity (Wildman–Crippen MR) is 83.9 cm³/mol. The monoisotopic (exact) mass is 279 g/mol. The summed E-state index contributed by atoms with van der Waals surface area (Å²) >= 11 is 0. The highest BCUT2D eigenvalue weighted by atomic mass is 16.1. The molecule has 0 spiro atoms. The lowest BCUT2D eigenvalue weighted by atomic mass is 10.1. The molecule has 0 atom stereocenters. The molecule has 0 bridgehead atoms. The Balaban J connectivity index is 1.91. The summed E-state index contributed by atoms with van der Waals surface area (Å²) in [7, 11) is 0. The highest BCUT2D eigenvalue weighted by Gasteiger charge is 2.06. The molecule has 0 unspecified atom stereocenters. The maximum absolute atomic E-state index is 11.2. The third kappa shape index (κ3) is 2.66. The molecule has 0 aliphatic rings. The van der Waals surface area contributed by atoms with E-state index < -0.39 is 5.91 Å². The van der Waals surface area contributed by atoms with Gasteiger partial charge in [-0.15, -0.1) is 0 Å². The fraction of sp³-hybridized carbons (Fsp3) is 0.118. The second-order valence-electron chi connectivity index (χ2n) is 5.10. The summed E-state index contributed by atoms with van der Waals surface area (Å²) in [6.07, 6.45) is 2.02. The number of carbonyl (C=O) groups is 1. The summed E-state index contributed by atoms with van der Waals surface area (Å²) < 4.78 is 2.15. The second kappa shape index (κ2) is 5.42. The Morgan fingerprint density at radius 3 is 2.38 bits per heavy atom. The van der Waals surface area contributed by atoms with E-state index in [4.69, 9.17) is 11.5 Å². The average Bonchev–Trinajstić information content (AvgIpc) is 2.90. The molecule has 0 radical (unpaired) electrons. The Morgan fingerprint density at radius 2 is 1.71 bits per heavy atom. The largest absolute Gasteiger partial charge is 0.366 e. The van der Waals surface area contributed by atoms with Gasteiger partial charge in [0.1, 0.15) is 0 Å². The Bertz CT molecular complexity index is 787. The Hall–Kier alpha value is -2.59. The van der Waals surface area contributed by atoms with E-state index in [0.29, 0.717) is 12.1 Å². The molecular formula is C17H17N3O. The minimum atomic E-state index is -0.401. The summed E-state index contributed by atoms with van der Waals surface area (Å²) in [6.45, 7) is 1.34. The van der Waals surface area contributed by atoms with Crippen LogP contribution in [0.15, 0.2) is 54.7 Å². The van der Waals surface area contributed by atoms with E-state index in [1.54, 1.807) is 6.07 Å². The highest BCUT2D eigenvalue weighted by Crippen LogP contribution is 2.19. The number of benzene rings is 2. The fourth-order valence-corrected chi connectivity index (χ4v) is 2.47. The molecule has 0 fully saturated rings. The Morgan fingerprint density at radius 1 is 1.00 bits per heavy atom. The second-order valence-corrected chi connectivity index (χ2v) is 5.10. The lowest BCUT2D eigenvalue weighted by molar-refractivity contribution is 0.100. The maximum Gasteiger partial charge on any atom is 0.248 e. The fourth-order valence-electron chi connectivity index (χ4n) is 2.47. The maximum atomic E-state index is 11.2. The average molecular weight is 279 g/mol. The molecule has 3 aromatic rings. The third-order valence-electron chi connectivity index (χ3n) is 3.67. The van der Waals surface area contributed by atoms with E-state index in [0.717, 1.165) is 23.0 Å². The van der Waals surface area contributed by atoms with Crippen LogP contribution in [0.3, 0.4) is 0 Å². The molecule has 0 aliphatic heterocycles. The van der Waals surface area contributed by atoms with Crippen molar-refractivity contribution in [3.63, 3.8) is 0 Å². The van der Waals surface area contributed by atoms with Crippen molar-refractivity contribution < 1.29 is 4.79 Å². The lowest BCUT2D eigenvalue weighted by Crippen LogP contribution is -2.10. The van der Waals surface area contributed by atoms with Crippen LogP contribution in [0.1, 0.15) is 21.5 Å². The number of carbonyl (C=O) groups excluding carboxylic acids is 1. The minimum absolute atomic E-state index is 0.401. The smallest absolute Gasteiger partial charge is 0.248 e. The van der Waals surface area contributed by atoms with Crippen molar-refractivity contribution in [1.29, 1.82) is 0 Å². The van der Waals surface area contributed by atoms with E-state index in [-0.39, 0.29) is 0 Å². The number of nitrogens with zero attached hydrogens (tertiary/aromatic N) is 1. The molecule has 4 nitrogen and oxygen atoms in total. The van der Waals surface area contributed by atoms with Crippen LogP contribution in [-0.2, 0) is 13.1 Å². The van der Waals surface area contributed by atoms with E-state index >= 15 is 0 Å². The van der Waals surface area contributed by atoms with Crippen molar-refractivity contribution in [3.05, 3.63) is 71.4 Å². The van der Waals surface area contributed by atoms with Gasteiger partial charge in [-0.3, -0.25) is 4.79 Å². The van der Waals surface area contributed by atoms with Crippen LogP contribution < -0.4 is 11.5 Å². The zero-order chi connectivity index (χ0) is 14.8. The van der Waals surface area contributed by atoms with Crippen molar-refractivity contribution in [3.8, 4) is 0 Å². The molecule has 1 heterocycles. The quantitative estimate of drug-likeness (QED) is 0.768. The lowest BCUT2D eigenvalue weighted by Gasteiger charge is -2.07. The van der Waals surface area contributed by atoms with E-state index in [9.17, 15) is 4.79 Å². The van der Waals surface area contributed by atoms with Crippen LogP contribution in [0.5, 0.6) is 0 Å². The summed E-state index contributed by atoms with van der Waals surface area (Å²) in [4.78, 5) is 11.2. The zero-order valence-corrected chi connectivity index (χ0v) is 11.6. The molecule has 2 aromatic carbocycles. The number of hydrogen-bond donors (Lipinski definition) is 2. The summed E-state index contributed by atoms with van der Waals surface area (Å²) in [5.41, 5.74) is 14.9. The van der Waals surface area contributed by atoms with E-state index in [1.165, 1.54) is 5.56 Å². The van der Waals surface area contributed by atoms with Crippen molar-refractivity contribution in [2.75, 3.05) is 0 Å². The van der Waals surface area contributed by atoms with Gasteiger partial charge in [-0.2, -0.15) is 0 Å². The number of aromatic nitrogens is 1. The SMILES string of the molecule is NCc1ccc(Cn2ccc3cc(C(N)=O)ccc32)cc1. The number of rotatable bonds is 4. The molecule has 21 heavy (non-hydrogen) atoms. The van der Waals surface area contributed by atoms with Crippen LogP contribution in [0, 0.1) is 0 Å². The number of nitrogens with two attached hydrogens (primary N) is 2. The summed E-state index contributed by atoms with van der Waals surface area (Å²) in [6, 6.07) is 15.8. The Kier molecular flexibility index (Phi) is 3.46. The van der Waals surface area contributed by atoms with Gasteiger partial charge in [-0.25, -0.2) is 0 Å². The number of amides is 1. The van der Waals surface area contributed by atoms with Gasteiger partial charge in [-0.1, -0.05) is 24.3 Å². The number of hydrogen-bond acceptors (Lipinski definition) is 2. The minimum Gasteiger partial charge on any atom is -0.366 e. The van der Waals surface area contributed by atoms with Crippen LogP contribution >= 0.6 is 0 Å². The standard InChI is InChI=1S/C17H17N3O/c18-10-12-1-3-13(4-2-12)11-20-8-7-14-9-15(17(19)21)5-6-16(14)20/h1-9H,10-11,18H2,(H2,19,21). The van der Waals surface area contributed by atoms with Crippen molar-refractivity contribution in [1.82, 2.24) is 4.57 Å². The van der Waals surface area contributed by atoms with Gasteiger partial charge in [0.05, 0.1) is 0 Å². The molecule has 3 rings (SSSR count). The first kappa shape index (κ1) is 13.4. The first-order valence-electron chi connectivity index (χ1n) is 6.84. The third-order valence-corrected chi connectivity index (χ3v) is 3.67. The molecule has 0 saturated heterocycles. The van der Waals surface area contributed by atoms with Crippen molar-refractivity contribution >= 4 is 16.8 Å². The summed E-state index contributed by atoms with van der Waals surface area (Å²) in [5.74, 6) is -0.401. The van der Waals surface area contributed by atoms with Crippen LogP contribution in [-0.4, -0.2) is 10.5 Å². The van der Waals surface area contributed by atoms with E-state index in [1.807, 2.05) is 36.5 Å². The number of primary amides is 1. The molecule has 0 aliphatic carbocycles. The molecule has 4 N–H and O–H groups in total. The Labute approximate surface area is 123 Å². The molecule has 1 amide bonds. The van der Waals surface area contributed by atoms with Gasteiger partial charge in [-0.05, 0) is 35.4 Å². The predicted octanol–water partition coefficient (Wildman–Crippen LogP) is 2.25. The normalized spacial score (nSPS) is 10.9. The van der Waals surface area contributed by atoms with Crippen molar-refractivity contribution in [2.24, 2.45) is 11.5 Å². The summed E-state index contributed by atoms with van der Waals surface area (Å²) in [5, 5.41) is 1.02. The molecule has 1 aromatic heterocycles. The van der Waals surface area contributed by atoms with E-state index in [2.05, 4.69) is 16.7 Å². The van der Waals surface area contributed by atoms with Gasteiger partial charge in [0, 0.05) is 35.8 Å². The topological polar surface area (TPSA) is 74.0 Å². The number of fused-ring (bicyclic) bond motifs is 1. The molecular weight excluding hydrogens is 262 g/mol. The highest BCUT2D eigenvalue weighted by molar-refractivity contribution is 5.97. The van der Waals surface area contributed by atoms with Crippen LogP contribution in [0.2, 0.25) is 0 Å². The van der Waals surface area contributed by atoms with Crippen LogP contribution in [0.25, 0.3) is 10.9 Å². The van der Waals surface area contributed by atoms with Gasteiger partial charge < -0.3 is 16.0 Å². The van der Waals surface area contributed by atoms with Gasteiger partial charge in [0.15, 0.2) is 0 Å². The van der Waals surface area contributed by atoms with Gasteiger partial charge >= 0.3 is 0 Å². The molecule has 106 valence electrons. The zero-order valence-electron chi connectivity index (χ0n) is 11.6.